The van der Waals surface area contributed by atoms with E-state index in [0.29, 0.717) is 12.4 Å². The van der Waals surface area contributed by atoms with E-state index in [1.165, 1.54) is 24.3 Å². The topological polar surface area (TPSA) is 85.4 Å². The SMILES string of the molecule is O=C(/C=C/c1ccc([N+](=O)[O-])o1)NCCCl. The lowest BCUT2D eigenvalue weighted by atomic mass is 10.4. The summed E-state index contributed by atoms with van der Waals surface area (Å²) in [5.41, 5.74) is 0. The van der Waals surface area contributed by atoms with Crippen LogP contribution in [0, 0.1) is 10.1 Å². The Morgan fingerprint density at radius 1 is 1.62 bits per heavy atom. The van der Waals surface area contributed by atoms with Crippen LogP contribution in [0.4, 0.5) is 5.88 Å². The van der Waals surface area contributed by atoms with Gasteiger partial charge in [-0.3, -0.25) is 14.9 Å². The Morgan fingerprint density at radius 3 is 2.94 bits per heavy atom. The summed E-state index contributed by atoms with van der Waals surface area (Å²) in [6.07, 6.45) is 2.56. The molecule has 86 valence electrons. The van der Waals surface area contributed by atoms with E-state index in [-0.39, 0.29) is 17.6 Å². The molecule has 0 atom stereocenters. The third-order valence-electron chi connectivity index (χ3n) is 1.59. The molecule has 0 spiro atoms. The number of furan rings is 1. The minimum Gasteiger partial charge on any atom is -0.401 e. The maximum Gasteiger partial charge on any atom is 0.433 e. The third-order valence-corrected chi connectivity index (χ3v) is 1.77. The summed E-state index contributed by atoms with van der Waals surface area (Å²) in [4.78, 5) is 20.7. The van der Waals surface area contributed by atoms with E-state index in [9.17, 15) is 14.9 Å². The molecular formula is C9H9ClN2O4. The molecule has 1 aromatic rings. The lowest BCUT2D eigenvalue weighted by molar-refractivity contribution is -0.402. The van der Waals surface area contributed by atoms with E-state index in [2.05, 4.69) is 5.32 Å². The number of hydrogen-bond acceptors (Lipinski definition) is 4. The minimum atomic E-state index is -0.648. The summed E-state index contributed by atoms with van der Waals surface area (Å²) >= 11 is 5.37. The van der Waals surface area contributed by atoms with Gasteiger partial charge >= 0.3 is 5.88 Å². The quantitative estimate of drug-likeness (QED) is 0.369. The zero-order chi connectivity index (χ0) is 12.0. The lowest BCUT2D eigenvalue weighted by Crippen LogP contribution is -2.22. The third kappa shape index (κ3) is 3.74. The van der Waals surface area contributed by atoms with Crippen LogP contribution in [0.2, 0.25) is 0 Å². The molecule has 0 saturated carbocycles. The highest BCUT2D eigenvalue weighted by atomic mass is 35.5. The van der Waals surface area contributed by atoms with E-state index in [4.69, 9.17) is 16.0 Å². The van der Waals surface area contributed by atoms with Crippen LogP contribution in [0.5, 0.6) is 0 Å². The largest absolute Gasteiger partial charge is 0.433 e. The van der Waals surface area contributed by atoms with Crippen LogP contribution in [0.15, 0.2) is 22.6 Å². The summed E-state index contributed by atoms with van der Waals surface area (Å²) < 4.78 is 4.81. The maximum absolute atomic E-state index is 11.1. The smallest absolute Gasteiger partial charge is 0.401 e. The number of nitrogens with one attached hydrogen (secondary N) is 1. The van der Waals surface area contributed by atoms with Crippen LogP contribution in [-0.2, 0) is 4.79 Å². The molecule has 0 saturated heterocycles. The number of carbonyl (C=O) groups is 1. The highest BCUT2D eigenvalue weighted by molar-refractivity contribution is 6.18. The van der Waals surface area contributed by atoms with Crippen LogP contribution in [-0.4, -0.2) is 23.3 Å². The van der Waals surface area contributed by atoms with Gasteiger partial charge in [0.05, 0.1) is 6.07 Å². The molecule has 0 aromatic carbocycles. The summed E-state index contributed by atoms with van der Waals surface area (Å²) in [6, 6.07) is 2.62. The lowest BCUT2D eigenvalue weighted by Gasteiger charge is -1.95. The van der Waals surface area contributed by atoms with Crippen LogP contribution < -0.4 is 5.32 Å². The number of alkyl halides is 1. The number of hydrogen-bond donors (Lipinski definition) is 1. The van der Waals surface area contributed by atoms with Gasteiger partial charge in [0.15, 0.2) is 0 Å². The van der Waals surface area contributed by atoms with Crippen molar-refractivity contribution < 1.29 is 14.1 Å². The van der Waals surface area contributed by atoms with Crippen LogP contribution in [0.1, 0.15) is 5.76 Å². The fourth-order valence-electron chi connectivity index (χ4n) is 0.917. The first-order valence-corrected chi connectivity index (χ1v) is 4.93. The highest BCUT2D eigenvalue weighted by Crippen LogP contribution is 2.16. The molecule has 0 fully saturated rings. The van der Waals surface area contributed by atoms with Crippen LogP contribution >= 0.6 is 11.6 Å². The van der Waals surface area contributed by atoms with E-state index in [1.807, 2.05) is 0 Å². The van der Waals surface area contributed by atoms with Crippen molar-refractivity contribution in [3.63, 3.8) is 0 Å². The molecule has 1 rings (SSSR count). The Balaban J connectivity index is 2.55. The van der Waals surface area contributed by atoms with Crippen molar-refractivity contribution in [3.05, 3.63) is 34.1 Å². The predicted molar refractivity (Wildman–Crippen MR) is 58.1 cm³/mol. The zero-order valence-corrected chi connectivity index (χ0v) is 8.94. The van der Waals surface area contributed by atoms with Gasteiger partial charge in [0.2, 0.25) is 5.91 Å². The highest BCUT2D eigenvalue weighted by Gasteiger charge is 2.09. The van der Waals surface area contributed by atoms with Crippen molar-refractivity contribution in [3.8, 4) is 0 Å². The Morgan fingerprint density at radius 2 is 2.38 bits per heavy atom. The van der Waals surface area contributed by atoms with Gasteiger partial charge < -0.3 is 9.73 Å². The number of amides is 1. The van der Waals surface area contributed by atoms with Crippen molar-refractivity contribution >= 4 is 29.5 Å². The van der Waals surface area contributed by atoms with Crippen LogP contribution in [0.25, 0.3) is 6.08 Å². The van der Waals surface area contributed by atoms with Gasteiger partial charge in [0.25, 0.3) is 0 Å². The number of rotatable bonds is 5. The van der Waals surface area contributed by atoms with Crippen LogP contribution in [0.3, 0.4) is 0 Å². The van der Waals surface area contributed by atoms with Crippen molar-refractivity contribution in [1.82, 2.24) is 5.32 Å². The number of nitrogens with zero attached hydrogens (tertiary/aromatic N) is 1. The average Bonchev–Trinajstić information content (AvgIpc) is 2.72. The van der Waals surface area contributed by atoms with Gasteiger partial charge in [0.1, 0.15) is 10.7 Å². The summed E-state index contributed by atoms with van der Waals surface area (Å²) in [5, 5.41) is 12.8. The Hall–Kier alpha value is -1.82. The van der Waals surface area contributed by atoms with Gasteiger partial charge in [-0.05, 0) is 12.1 Å². The second-order valence-corrected chi connectivity index (χ2v) is 3.12. The molecule has 0 aliphatic rings. The molecule has 6 nitrogen and oxygen atoms in total. The second-order valence-electron chi connectivity index (χ2n) is 2.75. The number of halogens is 1. The average molecular weight is 245 g/mol. The molecule has 1 N–H and O–H groups in total. The van der Waals surface area contributed by atoms with E-state index < -0.39 is 4.92 Å². The van der Waals surface area contributed by atoms with Gasteiger partial charge in [-0.2, -0.15) is 0 Å². The van der Waals surface area contributed by atoms with Gasteiger partial charge in [-0.25, -0.2) is 0 Å². The fraction of sp³-hybridized carbons (Fsp3) is 0.222. The Kier molecular flexibility index (Phi) is 4.53. The van der Waals surface area contributed by atoms with Crippen molar-refractivity contribution in [2.45, 2.75) is 0 Å². The first-order chi connectivity index (χ1) is 7.63. The number of nitro groups is 1. The molecule has 0 aliphatic heterocycles. The molecule has 0 bridgehead atoms. The molecule has 7 heteroatoms. The summed E-state index contributed by atoms with van der Waals surface area (Å²) in [7, 11) is 0. The second kappa shape index (κ2) is 5.92. The minimum absolute atomic E-state index is 0.243. The predicted octanol–water partition coefficient (Wildman–Crippen LogP) is 1.56. The van der Waals surface area contributed by atoms with E-state index in [1.54, 1.807) is 0 Å². The Labute approximate surface area is 96.0 Å². The van der Waals surface area contributed by atoms with E-state index >= 15 is 0 Å². The maximum atomic E-state index is 11.1. The van der Waals surface area contributed by atoms with Gasteiger partial charge in [-0.1, -0.05) is 0 Å². The molecule has 0 aliphatic carbocycles. The van der Waals surface area contributed by atoms with E-state index in [0.717, 1.165) is 0 Å². The van der Waals surface area contributed by atoms with Crippen molar-refractivity contribution in [2.75, 3.05) is 12.4 Å². The molecule has 1 heterocycles. The fourth-order valence-corrected chi connectivity index (χ4v) is 1.01. The van der Waals surface area contributed by atoms with Crippen molar-refractivity contribution in [2.24, 2.45) is 0 Å². The summed E-state index contributed by atoms with van der Waals surface area (Å²) in [6.45, 7) is 0.364. The Bertz CT molecular complexity index is 413. The first-order valence-electron chi connectivity index (χ1n) is 4.39. The summed E-state index contributed by atoms with van der Waals surface area (Å²) in [5.74, 6) is -0.125. The molecule has 0 radical (unpaired) electrons. The molecule has 1 aromatic heterocycles. The molecule has 16 heavy (non-hydrogen) atoms. The number of carbonyl (C=O) groups excluding carboxylic acids is 1. The van der Waals surface area contributed by atoms with Gasteiger partial charge in [-0.15, -0.1) is 11.6 Å². The monoisotopic (exact) mass is 244 g/mol. The first kappa shape index (κ1) is 12.3. The normalized spacial score (nSPS) is 10.6. The standard InChI is InChI=1S/C9H9ClN2O4/c10-5-6-11-8(13)3-1-7-2-4-9(16-7)12(14)15/h1-4H,5-6H2,(H,11,13)/b3-1+. The zero-order valence-electron chi connectivity index (χ0n) is 8.18. The van der Waals surface area contributed by atoms with Gasteiger partial charge in [0, 0.05) is 18.5 Å². The molecular weight excluding hydrogens is 236 g/mol. The van der Waals surface area contributed by atoms with Crippen molar-refractivity contribution in [1.29, 1.82) is 0 Å². The molecule has 0 unspecified atom stereocenters. The molecule has 1 amide bonds.